The number of nitrogens with one attached hydrogen (secondary N) is 1. The Morgan fingerprint density at radius 2 is 1.78 bits per heavy atom. The van der Waals surface area contributed by atoms with Gasteiger partial charge in [0.25, 0.3) is 0 Å². The fourth-order valence-electron chi connectivity index (χ4n) is 5.60. The van der Waals surface area contributed by atoms with Gasteiger partial charge in [0, 0.05) is 48.9 Å². The van der Waals surface area contributed by atoms with Crippen LogP contribution in [-0.2, 0) is 11.3 Å². The van der Waals surface area contributed by atoms with Gasteiger partial charge in [-0.05, 0) is 81.9 Å². The summed E-state index contributed by atoms with van der Waals surface area (Å²) in [5.74, 6) is 1.39. The number of nitrogens with zero attached hydrogens (tertiary/aromatic N) is 3. The number of rotatable bonds is 5. The van der Waals surface area contributed by atoms with Gasteiger partial charge in [-0.25, -0.2) is 9.37 Å². The molecule has 2 aromatic heterocycles. The van der Waals surface area contributed by atoms with Crippen LogP contribution in [0.3, 0.4) is 0 Å². The summed E-state index contributed by atoms with van der Waals surface area (Å²) in [5, 5.41) is 1.18. The first kappa shape index (κ1) is 22.7. The number of H-pyrrole nitrogens is 1. The highest BCUT2D eigenvalue weighted by molar-refractivity contribution is 9.10. The third-order valence-corrected chi connectivity index (χ3v) is 8.39. The second-order valence-corrected chi connectivity index (χ2v) is 11.2. The molecule has 0 spiro atoms. The largest absolute Gasteiger partial charge is 0.361 e. The highest BCUT2D eigenvalue weighted by atomic mass is 79.9. The maximum atomic E-state index is 14.6. The SMILES string of the molecule is O=C(C1CC1)N1CC[C@H](Cn2c(-c3ccc(-c4ccc5[nH]ccc5c4)cc3)nc3cc(Br)c(F)cc32)C1. The number of hydrogen-bond acceptors (Lipinski definition) is 2. The molecule has 0 unspecified atom stereocenters. The van der Waals surface area contributed by atoms with E-state index in [4.69, 9.17) is 4.98 Å². The fraction of sp³-hybridized carbons (Fsp3) is 0.267. The van der Waals surface area contributed by atoms with E-state index in [2.05, 4.69) is 74.0 Å². The Balaban J connectivity index is 1.23. The van der Waals surface area contributed by atoms with Crippen molar-refractivity contribution < 1.29 is 9.18 Å². The van der Waals surface area contributed by atoms with Crippen LogP contribution in [0, 0.1) is 17.7 Å². The Morgan fingerprint density at radius 1 is 1.00 bits per heavy atom. The van der Waals surface area contributed by atoms with E-state index in [-0.39, 0.29) is 11.7 Å². The first-order chi connectivity index (χ1) is 18.0. The summed E-state index contributed by atoms with van der Waals surface area (Å²) in [7, 11) is 0. The first-order valence-corrected chi connectivity index (χ1v) is 13.6. The molecule has 1 amide bonds. The van der Waals surface area contributed by atoms with E-state index in [1.807, 2.05) is 11.1 Å². The summed E-state index contributed by atoms with van der Waals surface area (Å²) in [4.78, 5) is 22.8. The minimum absolute atomic E-state index is 0.242. The van der Waals surface area contributed by atoms with Crippen molar-refractivity contribution >= 4 is 43.8 Å². The molecule has 2 aliphatic rings. The predicted octanol–water partition coefficient (Wildman–Crippen LogP) is 7.01. The van der Waals surface area contributed by atoms with E-state index in [0.29, 0.717) is 22.8 Å². The van der Waals surface area contributed by atoms with Crippen molar-refractivity contribution in [3.63, 3.8) is 0 Å². The number of imidazole rings is 1. The Labute approximate surface area is 222 Å². The molecule has 5 aromatic rings. The molecule has 7 rings (SSSR count). The molecule has 3 heterocycles. The van der Waals surface area contributed by atoms with Gasteiger partial charge in [0.2, 0.25) is 5.91 Å². The first-order valence-electron chi connectivity index (χ1n) is 12.9. The summed E-state index contributed by atoms with van der Waals surface area (Å²) >= 11 is 3.32. The molecule has 1 saturated carbocycles. The number of carbonyl (C=O) groups is 1. The van der Waals surface area contributed by atoms with Gasteiger partial charge < -0.3 is 14.5 Å². The molecule has 0 bridgehead atoms. The van der Waals surface area contributed by atoms with Crippen LogP contribution in [0.25, 0.3) is 44.5 Å². The highest BCUT2D eigenvalue weighted by Crippen LogP contribution is 2.35. The maximum Gasteiger partial charge on any atom is 0.225 e. The molecule has 1 aliphatic heterocycles. The molecule has 1 N–H and O–H groups in total. The van der Waals surface area contributed by atoms with Crippen molar-refractivity contribution in [2.75, 3.05) is 13.1 Å². The number of aromatic nitrogens is 3. The summed E-state index contributed by atoms with van der Waals surface area (Å²) in [6.07, 6.45) is 4.96. The van der Waals surface area contributed by atoms with Crippen LogP contribution in [0.1, 0.15) is 19.3 Å². The highest BCUT2D eigenvalue weighted by Gasteiger charge is 2.36. The number of likely N-dealkylation sites (tertiary alicyclic amines) is 1. The van der Waals surface area contributed by atoms with Gasteiger partial charge in [-0.2, -0.15) is 0 Å². The van der Waals surface area contributed by atoms with Gasteiger partial charge in [-0.1, -0.05) is 30.3 Å². The van der Waals surface area contributed by atoms with Crippen molar-refractivity contribution in [3.8, 4) is 22.5 Å². The molecule has 0 radical (unpaired) electrons. The molecular weight excluding hydrogens is 531 g/mol. The number of amides is 1. The number of carbonyl (C=O) groups excluding carboxylic acids is 1. The molecule has 37 heavy (non-hydrogen) atoms. The molecule has 2 fully saturated rings. The zero-order valence-electron chi connectivity index (χ0n) is 20.3. The lowest BCUT2D eigenvalue weighted by atomic mass is 10.0. The molecule has 1 atom stereocenters. The van der Waals surface area contributed by atoms with Gasteiger partial charge in [-0.15, -0.1) is 0 Å². The maximum absolute atomic E-state index is 14.6. The van der Waals surface area contributed by atoms with Crippen LogP contribution < -0.4 is 0 Å². The summed E-state index contributed by atoms with van der Waals surface area (Å²) in [5.41, 5.74) is 5.94. The average molecular weight is 557 g/mol. The van der Waals surface area contributed by atoms with E-state index in [1.54, 1.807) is 12.1 Å². The van der Waals surface area contributed by atoms with Gasteiger partial charge in [0.1, 0.15) is 11.6 Å². The number of hydrogen-bond donors (Lipinski definition) is 1. The normalized spacial score (nSPS) is 17.8. The van der Waals surface area contributed by atoms with Gasteiger partial charge in [-0.3, -0.25) is 4.79 Å². The molecule has 186 valence electrons. The summed E-state index contributed by atoms with van der Waals surface area (Å²) in [6.45, 7) is 2.27. The Hall–Kier alpha value is -3.45. The van der Waals surface area contributed by atoms with Crippen LogP contribution in [0.15, 0.2) is 71.3 Å². The quantitative estimate of drug-likeness (QED) is 0.253. The monoisotopic (exact) mass is 556 g/mol. The van der Waals surface area contributed by atoms with Crippen LogP contribution in [-0.4, -0.2) is 38.4 Å². The topological polar surface area (TPSA) is 53.9 Å². The zero-order valence-corrected chi connectivity index (χ0v) is 21.8. The Morgan fingerprint density at radius 3 is 2.59 bits per heavy atom. The van der Waals surface area contributed by atoms with Crippen molar-refractivity contribution in [3.05, 3.63) is 77.2 Å². The number of aromatic amines is 1. The molecule has 7 heteroatoms. The van der Waals surface area contributed by atoms with Crippen LogP contribution in [0.5, 0.6) is 0 Å². The van der Waals surface area contributed by atoms with Gasteiger partial charge >= 0.3 is 0 Å². The lowest BCUT2D eigenvalue weighted by Gasteiger charge is -2.18. The molecule has 1 saturated heterocycles. The summed E-state index contributed by atoms with van der Waals surface area (Å²) in [6, 6.07) is 20.2. The van der Waals surface area contributed by atoms with Crippen LogP contribution in [0.4, 0.5) is 4.39 Å². The lowest BCUT2D eigenvalue weighted by Crippen LogP contribution is -2.30. The number of fused-ring (bicyclic) bond motifs is 2. The Kier molecular flexibility index (Phi) is 5.43. The lowest BCUT2D eigenvalue weighted by molar-refractivity contribution is -0.131. The minimum atomic E-state index is -0.298. The Bertz CT molecular complexity index is 1650. The predicted molar refractivity (Wildman–Crippen MR) is 148 cm³/mol. The second-order valence-electron chi connectivity index (χ2n) is 10.4. The van der Waals surface area contributed by atoms with Crippen LogP contribution in [0.2, 0.25) is 0 Å². The molecule has 5 nitrogen and oxygen atoms in total. The third-order valence-electron chi connectivity index (χ3n) is 7.78. The smallest absolute Gasteiger partial charge is 0.225 e. The van der Waals surface area contributed by atoms with E-state index in [9.17, 15) is 9.18 Å². The standard InChI is InChI=1S/C30H26BrFN4O/c31-24-14-27-28(15-25(24)32)36(17-18-10-12-35(16-18)30(37)21-5-6-21)29(34-27)20-3-1-19(2-4-20)22-7-8-26-23(13-22)9-11-33-26/h1-4,7-9,11,13-15,18,21,33H,5-6,10,12,16-17H2/t18-/m0/s1. The summed E-state index contributed by atoms with van der Waals surface area (Å²) < 4.78 is 17.2. The van der Waals surface area contributed by atoms with E-state index in [1.165, 1.54) is 5.39 Å². The van der Waals surface area contributed by atoms with Crippen molar-refractivity contribution in [1.29, 1.82) is 0 Å². The van der Waals surface area contributed by atoms with E-state index < -0.39 is 0 Å². The number of benzene rings is 3. The van der Waals surface area contributed by atoms with E-state index >= 15 is 0 Å². The third kappa shape index (κ3) is 4.15. The molecular formula is C30H26BrFN4O. The van der Waals surface area contributed by atoms with Gasteiger partial charge in [0.15, 0.2) is 0 Å². The molecule has 1 aliphatic carbocycles. The van der Waals surface area contributed by atoms with Crippen LogP contribution >= 0.6 is 15.9 Å². The zero-order chi connectivity index (χ0) is 25.1. The average Bonchev–Trinajstić information content (AvgIpc) is 3.31. The fourth-order valence-corrected chi connectivity index (χ4v) is 5.93. The minimum Gasteiger partial charge on any atom is -0.361 e. The van der Waals surface area contributed by atoms with E-state index in [0.717, 1.165) is 71.4 Å². The van der Waals surface area contributed by atoms with Crippen molar-refractivity contribution in [2.45, 2.75) is 25.8 Å². The number of halogens is 2. The molecule has 3 aromatic carbocycles. The van der Waals surface area contributed by atoms with Crippen molar-refractivity contribution in [1.82, 2.24) is 19.4 Å². The van der Waals surface area contributed by atoms with Gasteiger partial charge in [0.05, 0.1) is 15.5 Å². The second kappa shape index (κ2) is 8.84. The van der Waals surface area contributed by atoms with Crippen molar-refractivity contribution in [2.24, 2.45) is 11.8 Å².